The number of carboxylic acids is 2. The van der Waals surface area contributed by atoms with E-state index in [0.29, 0.717) is 11.5 Å². The highest BCUT2D eigenvalue weighted by Crippen LogP contribution is 2.32. The van der Waals surface area contributed by atoms with Crippen molar-refractivity contribution in [1.29, 1.82) is 0 Å². The minimum atomic E-state index is -0.955. The van der Waals surface area contributed by atoms with Gasteiger partial charge >= 0.3 is 11.9 Å². The smallest absolute Gasteiger partial charge is 0.335 e. The van der Waals surface area contributed by atoms with Crippen LogP contribution in [0.4, 0.5) is 0 Å². The van der Waals surface area contributed by atoms with E-state index in [2.05, 4.69) is 25.7 Å². The van der Waals surface area contributed by atoms with Crippen molar-refractivity contribution in [3.8, 4) is 47.7 Å². The summed E-state index contributed by atoms with van der Waals surface area (Å²) in [7, 11) is 0. The monoisotopic (exact) mass is 580 g/mol. The molecule has 0 amide bonds. The van der Waals surface area contributed by atoms with Crippen LogP contribution in [0.3, 0.4) is 0 Å². The lowest BCUT2D eigenvalue weighted by Crippen LogP contribution is -2.18. The van der Waals surface area contributed by atoms with Crippen LogP contribution in [-0.2, 0) is 5.41 Å². The van der Waals surface area contributed by atoms with Gasteiger partial charge in [-0.05, 0) is 83.9 Å². The number of rotatable bonds is 8. The second-order valence-electron chi connectivity index (χ2n) is 9.36. The Labute approximate surface area is 250 Å². The van der Waals surface area contributed by atoms with E-state index in [4.69, 9.17) is 32.5 Å². The largest absolute Gasteiger partial charge is 0.508 e. The van der Waals surface area contributed by atoms with Gasteiger partial charge in [-0.15, -0.1) is 12.8 Å². The molecular weight excluding hydrogens is 548 g/mol. The number of aromatic hydroxyl groups is 2. The topological polar surface area (TPSA) is 134 Å². The molecule has 4 rings (SSSR count). The number of phenols is 2. The van der Waals surface area contributed by atoms with Crippen molar-refractivity contribution in [2.45, 2.75) is 19.3 Å². The summed E-state index contributed by atoms with van der Waals surface area (Å²) in [6.45, 7) is 4.61. The van der Waals surface area contributed by atoms with Gasteiger partial charge in [-0.2, -0.15) is 0 Å². The summed E-state index contributed by atoms with van der Waals surface area (Å²) in [6.07, 6.45) is 9.97. The van der Waals surface area contributed by atoms with Crippen LogP contribution in [0.5, 0.6) is 23.0 Å². The molecule has 0 aromatic heterocycles. The van der Waals surface area contributed by atoms with Crippen LogP contribution in [0.2, 0.25) is 0 Å². The van der Waals surface area contributed by atoms with E-state index in [1.807, 2.05) is 24.3 Å². The zero-order chi connectivity index (χ0) is 31.8. The predicted molar refractivity (Wildman–Crippen MR) is 164 cm³/mol. The molecule has 8 nitrogen and oxygen atoms in total. The van der Waals surface area contributed by atoms with E-state index in [0.717, 1.165) is 11.1 Å². The average molecular weight is 581 g/mol. The predicted octanol–water partition coefficient (Wildman–Crippen LogP) is 6.22. The molecule has 0 aliphatic carbocycles. The minimum absolute atomic E-state index is 0.151. The lowest BCUT2D eigenvalue weighted by Gasteiger charge is -2.26. The van der Waals surface area contributed by atoms with Crippen LogP contribution in [0.15, 0.2) is 97.1 Å². The number of aromatic carboxylic acids is 2. The van der Waals surface area contributed by atoms with Gasteiger partial charge in [0.15, 0.2) is 0 Å². The second-order valence-corrected chi connectivity index (χ2v) is 9.36. The summed E-state index contributed by atoms with van der Waals surface area (Å²) in [5.74, 6) is 4.41. The van der Waals surface area contributed by atoms with Crippen molar-refractivity contribution in [3.05, 3.63) is 119 Å². The molecule has 8 heteroatoms. The molecule has 4 aromatic carbocycles. The zero-order valence-electron chi connectivity index (χ0n) is 23.7. The molecule has 43 heavy (non-hydrogen) atoms. The number of benzene rings is 4. The maximum absolute atomic E-state index is 10.5. The molecule has 0 unspecified atom stereocenters. The molecule has 0 atom stereocenters. The molecule has 0 spiro atoms. The number of hydrogen-bond donors (Lipinski definition) is 4. The molecule has 0 heterocycles. The van der Waals surface area contributed by atoms with Crippen LogP contribution in [0, 0.1) is 24.7 Å². The summed E-state index contributed by atoms with van der Waals surface area (Å²) < 4.78 is 10.1. The zero-order valence-corrected chi connectivity index (χ0v) is 23.7. The van der Waals surface area contributed by atoms with Crippen LogP contribution in [0.1, 0.15) is 45.7 Å². The van der Waals surface area contributed by atoms with Crippen molar-refractivity contribution in [3.63, 3.8) is 0 Å². The van der Waals surface area contributed by atoms with Crippen LogP contribution in [-0.4, -0.2) is 45.6 Å². The fraction of sp³-hybridized carbons (Fsp3) is 0.143. The average Bonchev–Trinajstić information content (AvgIpc) is 3.00. The first-order valence-corrected chi connectivity index (χ1v) is 12.9. The van der Waals surface area contributed by atoms with Gasteiger partial charge in [-0.3, -0.25) is 0 Å². The summed E-state index contributed by atoms with van der Waals surface area (Å²) in [5.41, 5.74) is 2.56. The molecule has 4 aromatic rings. The number of ether oxygens (including phenoxy) is 2. The van der Waals surface area contributed by atoms with Gasteiger partial charge < -0.3 is 29.9 Å². The molecule has 4 N–H and O–H groups in total. The van der Waals surface area contributed by atoms with E-state index in [9.17, 15) is 19.8 Å². The normalized spacial score (nSPS) is 9.86. The maximum Gasteiger partial charge on any atom is 0.335 e. The lowest BCUT2D eigenvalue weighted by atomic mass is 9.78. The number of phenolic OH excluding ortho intramolecular Hbond substituents is 2. The summed E-state index contributed by atoms with van der Waals surface area (Å²) in [5, 5.41) is 35.7. The minimum Gasteiger partial charge on any atom is -0.508 e. The van der Waals surface area contributed by atoms with E-state index in [-0.39, 0.29) is 41.3 Å². The van der Waals surface area contributed by atoms with Crippen molar-refractivity contribution in [1.82, 2.24) is 0 Å². The SMILES string of the molecule is C#CCOc1ccc(C(=O)O)cc1.C#CCOc1ccc(C(=O)O)cc1.CC(C)(c1ccc(O)cc1)c1ccc(O)cc1. The Morgan fingerprint density at radius 1 is 0.605 bits per heavy atom. The van der Waals surface area contributed by atoms with E-state index >= 15 is 0 Å². The first-order valence-electron chi connectivity index (χ1n) is 12.9. The highest BCUT2D eigenvalue weighted by Gasteiger charge is 2.22. The standard InChI is InChI=1S/C15H16O2.2C10H8O3/c1-15(2,11-3-7-13(16)8-4-11)12-5-9-14(17)10-6-12;2*1-2-7-13-9-5-3-8(4-6-9)10(11)12/h3-10,16-17H,1-2H3;2*1,3-6H,7H2,(H,11,12). The van der Waals surface area contributed by atoms with Gasteiger partial charge in [0, 0.05) is 5.41 Å². The fourth-order valence-corrected chi connectivity index (χ4v) is 3.56. The third-order valence-electron chi connectivity index (χ3n) is 6.02. The fourth-order valence-electron chi connectivity index (χ4n) is 3.56. The Balaban J connectivity index is 0.000000229. The van der Waals surface area contributed by atoms with Gasteiger partial charge in [0.25, 0.3) is 0 Å². The molecule has 220 valence electrons. The van der Waals surface area contributed by atoms with Crippen molar-refractivity contribution < 1.29 is 39.5 Å². The van der Waals surface area contributed by atoms with Gasteiger partial charge in [0.05, 0.1) is 11.1 Å². The Kier molecular flexibility index (Phi) is 12.7. The summed E-state index contributed by atoms with van der Waals surface area (Å²) in [4.78, 5) is 20.9. The number of hydrogen-bond acceptors (Lipinski definition) is 6. The number of terminal acetylenes is 2. The molecule has 0 aliphatic rings. The first kappa shape index (κ1) is 33.3. The van der Waals surface area contributed by atoms with E-state index in [1.54, 1.807) is 48.5 Å². The molecule has 0 saturated heterocycles. The quantitative estimate of drug-likeness (QED) is 0.181. The third kappa shape index (κ3) is 10.9. The van der Waals surface area contributed by atoms with Crippen molar-refractivity contribution in [2.24, 2.45) is 0 Å². The first-order chi connectivity index (χ1) is 20.5. The molecule has 0 bridgehead atoms. The van der Waals surface area contributed by atoms with Gasteiger partial charge in [0.2, 0.25) is 0 Å². The molecule has 0 aliphatic heterocycles. The summed E-state index contributed by atoms with van der Waals surface area (Å²) in [6, 6.07) is 26.6. The summed E-state index contributed by atoms with van der Waals surface area (Å²) >= 11 is 0. The number of carboxylic acid groups (broad SMARTS) is 2. The molecule has 0 radical (unpaired) electrons. The Hall–Kier alpha value is -5.86. The second kappa shape index (κ2) is 16.4. The van der Waals surface area contributed by atoms with Crippen molar-refractivity contribution >= 4 is 11.9 Å². The van der Waals surface area contributed by atoms with Crippen LogP contribution < -0.4 is 9.47 Å². The highest BCUT2D eigenvalue weighted by molar-refractivity contribution is 5.88. The lowest BCUT2D eigenvalue weighted by molar-refractivity contribution is 0.0686. The van der Waals surface area contributed by atoms with Gasteiger partial charge in [-0.1, -0.05) is 50.0 Å². The Bertz CT molecular complexity index is 1420. The van der Waals surface area contributed by atoms with Crippen molar-refractivity contribution in [2.75, 3.05) is 13.2 Å². The number of carbonyl (C=O) groups is 2. The highest BCUT2D eigenvalue weighted by atomic mass is 16.5. The van der Waals surface area contributed by atoms with Crippen LogP contribution in [0.25, 0.3) is 0 Å². The third-order valence-corrected chi connectivity index (χ3v) is 6.02. The Morgan fingerprint density at radius 3 is 1.16 bits per heavy atom. The molecule has 0 fully saturated rings. The van der Waals surface area contributed by atoms with E-state index in [1.165, 1.54) is 24.3 Å². The molecular formula is C35H32O8. The molecule has 0 saturated carbocycles. The maximum atomic E-state index is 10.5. The van der Waals surface area contributed by atoms with Gasteiger partial charge in [0.1, 0.15) is 36.2 Å². The Morgan fingerprint density at radius 2 is 0.907 bits per heavy atom. The van der Waals surface area contributed by atoms with Gasteiger partial charge in [-0.25, -0.2) is 9.59 Å². The van der Waals surface area contributed by atoms with Crippen LogP contribution >= 0.6 is 0 Å². The van der Waals surface area contributed by atoms with E-state index < -0.39 is 11.9 Å².